The lowest BCUT2D eigenvalue weighted by Gasteiger charge is -2.39. The SMILES string of the molecule is COc1ccc(OC)c(S(=O)(=O)N2CCCC3(CCc4cnc(N)nc43)C2)c1. The normalized spacial score (nSPS) is 22.2. The molecule has 0 bridgehead atoms. The molecule has 2 aliphatic rings. The average Bonchev–Trinajstić information content (AvgIpc) is 3.04. The Hall–Kier alpha value is -2.39. The Morgan fingerprint density at radius 1 is 1.21 bits per heavy atom. The number of aryl methyl sites for hydroxylation is 1. The molecule has 0 amide bonds. The summed E-state index contributed by atoms with van der Waals surface area (Å²) < 4.78 is 39.0. The number of nitrogens with two attached hydrogens (primary N) is 1. The summed E-state index contributed by atoms with van der Waals surface area (Å²) in [6, 6.07) is 4.81. The van der Waals surface area contributed by atoms with Crippen LogP contribution in [0.15, 0.2) is 29.3 Å². The van der Waals surface area contributed by atoms with Gasteiger partial charge in [-0.2, -0.15) is 4.31 Å². The van der Waals surface area contributed by atoms with Gasteiger partial charge in [-0.1, -0.05) is 0 Å². The molecule has 28 heavy (non-hydrogen) atoms. The number of hydrogen-bond acceptors (Lipinski definition) is 7. The lowest BCUT2D eigenvalue weighted by Crippen LogP contribution is -2.47. The molecule has 1 aliphatic carbocycles. The maximum absolute atomic E-state index is 13.5. The van der Waals surface area contributed by atoms with Crippen LogP contribution in [0.5, 0.6) is 11.5 Å². The van der Waals surface area contributed by atoms with Crippen LogP contribution in [0, 0.1) is 0 Å². The summed E-state index contributed by atoms with van der Waals surface area (Å²) in [5, 5.41) is 0. The van der Waals surface area contributed by atoms with E-state index in [0.717, 1.165) is 36.9 Å². The fourth-order valence-electron chi connectivity index (χ4n) is 4.37. The maximum atomic E-state index is 13.5. The second-order valence-corrected chi connectivity index (χ2v) is 9.25. The molecule has 1 aromatic heterocycles. The first kappa shape index (κ1) is 18.9. The molecular formula is C19H24N4O4S. The van der Waals surface area contributed by atoms with Gasteiger partial charge in [0.1, 0.15) is 16.4 Å². The molecule has 1 fully saturated rings. The molecule has 4 rings (SSSR count). The fourth-order valence-corrected chi connectivity index (χ4v) is 6.11. The van der Waals surface area contributed by atoms with Crippen molar-refractivity contribution in [2.45, 2.75) is 36.0 Å². The minimum Gasteiger partial charge on any atom is -0.497 e. The highest BCUT2D eigenvalue weighted by Gasteiger charge is 2.46. The predicted octanol–water partition coefficient (Wildman–Crippen LogP) is 1.74. The van der Waals surface area contributed by atoms with Gasteiger partial charge < -0.3 is 15.2 Å². The number of benzene rings is 1. The summed E-state index contributed by atoms with van der Waals surface area (Å²) in [4.78, 5) is 8.69. The van der Waals surface area contributed by atoms with Gasteiger partial charge in [0, 0.05) is 30.8 Å². The summed E-state index contributed by atoms with van der Waals surface area (Å²) in [6.45, 7) is 0.833. The monoisotopic (exact) mass is 404 g/mol. The molecule has 9 heteroatoms. The van der Waals surface area contributed by atoms with Gasteiger partial charge in [-0.05, 0) is 43.4 Å². The van der Waals surface area contributed by atoms with Crippen LogP contribution in [0.1, 0.15) is 30.5 Å². The highest BCUT2D eigenvalue weighted by Crippen LogP contribution is 2.45. The van der Waals surface area contributed by atoms with Crippen molar-refractivity contribution >= 4 is 16.0 Å². The molecule has 1 aliphatic heterocycles. The summed E-state index contributed by atoms with van der Waals surface area (Å²) in [6.07, 6.45) is 5.10. The Morgan fingerprint density at radius 2 is 2.04 bits per heavy atom. The lowest BCUT2D eigenvalue weighted by atomic mass is 9.78. The average molecular weight is 404 g/mol. The number of fused-ring (bicyclic) bond motifs is 2. The van der Waals surface area contributed by atoms with Crippen molar-refractivity contribution < 1.29 is 17.9 Å². The minimum atomic E-state index is -3.76. The largest absolute Gasteiger partial charge is 0.497 e. The molecule has 2 N–H and O–H groups in total. The quantitative estimate of drug-likeness (QED) is 0.827. The Labute approximate surface area is 164 Å². The van der Waals surface area contributed by atoms with Crippen LogP contribution < -0.4 is 15.2 Å². The van der Waals surface area contributed by atoms with Gasteiger partial charge in [0.05, 0.1) is 19.9 Å². The van der Waals surface area contributed by atoms with Gasteiger partial charge >= 0.3 is 0 Å². The van der Waals surface area contributed by atoms with Gasteiger partial charge in [-0.25, -0.2) is 18.4 Å². The molecule has 1 atom stereocenters. The van der Waals surface area contributed by atoms with Crippen molar-refractivity contribution in [3.8, 4) is 11.5 Å². The van der Waals surface area contributed by atoms with Crippen molar-refractivity contribution in [3.05, 3.63) is 35.7 Å². The summed E-state index contributed by atoms with van der Waals surface area (Å²) in [5.41, 5.74) is 7.46. The summed E-state index contributed by atoms with van der Waals surface area (Å²) >= 11 is 0. The van der Waals surface area contributed by atoms with E-state index in [4.69, 9.17) is 15.2 Å². The van der Waals surface area contributed by atoms with E-state index in [9.17, 15) is 8.42 Å². The fraction of sp³-hybridized carbons (Fsp3) is 0.474. The number of aromatic nitrogens is 2. The van der Waals surface area contributed by atoms with Crippen LogP contribution in [0.4, 0.5) is 5.95 Å². The van der Waals surface area contributed by atoms with Gasteiger partial charge in [0.25, 0.3) is 0 Å². The van der Waals surface area contributed by atoms with Gasteiger partial charge in [0.2, 0.25) is 16.0 Å². The van der Waals surface area contributed by atoms with E-state index in [1.165, 1.54) is 20.3 Å². The van der Waals surface area contributed by atoms with Gasteiger partial charge in [0.15, 0.2) is 0 Å². The van der Waals surface area contributed by atoms with Crippen LogP contribution in [-0.2, 0) is 21.9 Å². The number of piperidine rings is 1. The zero-order chi connectivity index (χ0) is 19.9. The van der Waals surface area contributed by atoms with E-state index in [1.54, 1.807) is 22.6 Å². The molecule has 2 heterocycles. The van der Waals surface area contributed by atoms with Gasteiger partial charge in [-0.15, -0.1) is 0 Å². The van der Waals surface area contributed by atoms with Crippen molar-refractivity contribution in [3.63, 3.8) is 0 Å². The lowest BCUT2D eigenvalue weighted by molar-refractivity contribution is 0.219. The van der Waals surface area contributed by atoms with Crippen LogP contribution in [0.2, 0.25) is 0 Å². The zero-order valence-corrected chi connectivity index (χ0v) is 16.8. The third kappa shape index (κ3) is 2.98. The van der Waals surface area contributed by atoms with Crippen molar-refractivity contribution in [1.82, 2.24) is 14.3 Å². The third-order valence-electron chi connectivity index (χ3n) is 5.79. The number of nitrogens with zero attached hydrogens (tertiary/aromatic N) is 3. The number of rotatable bonds is 4. The number of hydrogen-bond donors (Lipinski definition) is 1. The van der Waals surface area contributed by atoms with E-state index in [-0.39, 0.29) is 16.3 Å². The Bertz CT molecular complexity index is 1010. The zero-order valence-electron chi connectivity index (χ0n) is 16.0. The molecule has 150 valence electrons. The van der Waals surface area contributed by atoms with Crippen molar-refractivity contribution in [2.24, 2.45) is 0 Å². The van der Waals surface area contributed by atoms with Gasteiger partial charge in [-0.3, -0.25) is 0 Å². The third-order valence-corrected chi connectivity index (χ3v) is 7.66. The number of methoxy groups -OCH3 is 2. The van der Waals surface area contributed by atoms with E-state index in [2.05, 4.69) is 9.97 Å². The number of anilines is 1. The molecular weight excluding hydrogens is 380 g/mol. The molecule has 1 saturated heterocycles. The highest BCUT2D eigenvalue weighted by molar-refractivity contribution is 7.89. The summed E-state index contributed by atoms with van der Waals surface area (Å²) in [7, 11) is -0.788. The number of sulfonamides is 1. The Kier molecular flexibility index (Phi) is 4.67. The van der Waals surface area contributed by atoms with E-state index in [0.29, 0.717) is 24.6 Å². The molecule has 1 aromatic carbocycles. The molecule has 0 radical (unpaired) electrons. The minimum absolute atomic E-state index is 0.117. The second-order valence-electron chi connectivity index (χ2n) is 7.34. The van der Waals surface area contributed by atoms with E-state index >= 15 is 0 Å². The number of ether oxygens (including phenoxy) is 2. The summed E-state index contributed by atoms with van der Waals surface area (Å²) in [5.74, 6) is 1.01. The molecule has 1 spiro atoms. The first-order valence-electron chi connectivity index (χ1n) is 9.24. The van der Waals surface area contributed by atoms with Crippen LogP contribution in [0.3, 0.4) is 0 Å². The highest BCUT2D eigenvalue weighted by atomic mass is 32.2. The predicted molar refractivity (Wildman–Crippen MR) is 104 cm³/mol. The number of nitrogen functional groups attached to an aromatic ring is 1. The van der Waals surface area contributed by atoms with Crippen molar-refractivity contribution in [1.29, 1.82) is 0 Å². The smallest absolute Gasteiger partial charge is 0.246 e. The van der Waals surface area contributed by atoms with Crippen LogP contribution in [-0.4, -0.2) is 50.0 Å². The first-order chi connectivity index (χ1) is 13.4. The maximum Gasteiger partial charge on any atom is 0.246 e. The van der Waals surface area contributed by atoms with E-state index in [1.807, 2.05) is 0 Å². The second kappa shape index (κ2) is 6.89. The van der Waals surface area contributed by atoms with Crippen LogP contribution >= 0.6 is 0 Å². The molecule has 8 nitrogen and oxygen atoms in total. The van der Waals surface area contributed by atoms with Crippen molar-refractivity contribution in [2.75, 3.05) is 33.0 Å². The Morgan fingerprint density at radius 3 is 2.79 bits per heavy atom. The standard InChI is InChI=1S/C19H24N4O4S/c1-26-14-4-5-15(27-2)16(10-14)28(24,25)23-9-3-7-19(12-23)8-6-13-11-21-18(20)22-17(13)19/h4-5,10-11H,3,6-9,12H2,1-2H3,(H2,20,21,22). The van der Waals surface area contributed by atoms with Crippen LogP contribution in [0.25, 0.3) is 0 Å². The Balaban J connectivity index is 1.72. The molecule has 1 unspecified atom stereocenters. The molecule has 0 saturated carbocycles. The molecule has 2 aromatic rings. The van der Waals surface area contributed by atoms with E-state index < -0.39 is 10.0 Å². The first-order valence-corrected chi connectivity index (χ1v) is 10.7. The topological polar surface area (TPSA) is 108 Å².